The second kappa shape index (κ2) is 3.72. The first-order valence-corrected chi connectivity index (χ1v) is 4.34. The highest BCUT2D eigenvalue weighted by Gasteiger charge is 2.31. The summed E-state index contributed by atoms with van der Waals surface area (Å²) in [5.74, 6) is -1.30. The van der Waals surface area contributed by atoms with E-state index in [-0.39, 0.29) is 6.01 Å². The first-order chi connectivity index (χ1) is 7.88. The average molecular weight is 247 g/mol. The number of nitrogen functional groups attached to an aromatic ring is 1. The molecular weight excluding hydrogens is 242 g/mol. The summed E-state index contributed by atoms with van der Waals surface area (Å²) in [5.41, 5.74) is 3.66. The van der Waals surface area contributed by atoms with Gasteiger partial charge in [0.05, 0.1) is 11.1 Å². The molecule has 0 aliphatic rings. The Morgan fingerprint density at radius 2 is 1.88 bits per heavy atom. The van der Waals surface area contributed by atoms with Crippen molar-refractivity contribution in [2.45, 2.75) is 6.18 Å². The van der Waals surface area contributed by atoms with Crippen molar-refractivity contribution < 1.29 is 22.0 Å². The van der Waals surface area contributed by atoms with E-state index < -0.39 is 29.0 Å². The van der Waals surface area contributed by atoms with Crippen molar-refractivity contribution in [2.75, 3.05) is 5.73 Å². The van der Waals surface area contributed by atoms with E-state index in [1.807, 2.05) is 0 Å². The molecule has 0 spiro atoms. The van der Waals surface area contributed by atoms with Gasteiger partial charge in [0.15, 0.2) is 0 Å². The number of benzene rings is 1. The molecule has 1 aromatic heterocycles. The first kappa shape index (κ1) is 11.4. The van der Waals surface area contributed by atoms with Crippen LogP contribution in [-0.4, -0.2) is 10.2 Å². The van der Waals surface area contributed by atoms with E-state index in [2.05, 4.69) is 14.6 Å². The van der Waals surface area contributed by atoms with Gasteiger partial charge in [-0.05, 0) is 18.2 Å². The number of hydrogen-bond acceptors (Lipinski definition) is 4. The van der Waals surface area contributed by atoms with Crippen molar-refractivity contribution in [3.8, 4) is 11.5 Å². The van der Waals surface area contributed by atoms with Gasteiger partial charge < -0.3 is 10.2 Å². The number of anilines is 1. The highest BCUT2D eigenvalue weighted by molar-refractivity contribution is 5.56. The van der Waals surface area contributed by atoms with Gasteiger partial charge in [0.2, 0.25) is 0 Å². The number of nitrogens with two attached hydrogens (primary N) is 1. The maximum absolute atomic E-state index is 13.3. The summed E-state index contributed by atoms with van der Waals surface area (Å²) in [5, 5.41) is 6.56. The van der Waals surface area contributed by atoms with E-state index in [0.29, 0.717) is 18.2 Å². The van der Waals surface area contributed by atoms with Gasteiger partial charge in [0.25, 0.3) is 5.89 Å². The van der Waals surface area contributed by atoms with E-state index >= 15 is 0 Å². The van der Waals surface area contributed by atoms with Crippen molar-refractivity contribution in [2.24, 2.45) is 0 Å². The van der Waals surface area contributed by atoms with Gasteiger partial charge in [-0.1, -0.05) is 5.10 Å². The van der Waals surface area contributed by atoms with Crippen LogP contribution in [0.5, 0.6) is 0 Å². The van der Waals surface area contributed by atoms with E-state index in [4.69, 9.17) is 5.73 Å². The molecule has 2 N–H and O–H groups in total. The molecule has 4 nitrogen and oxygen atoms in total. The molecule has 0 saturated carbocycles. The Morgan fingerprint density at radius 3 is 2.41 bits per heavy atom. The lowest BCUT2D eigenvalue weighted by molar-refractivity contribution is -0.137. The lowest BCUT2D eigenvalue weighted by Crippen LogP contribution is -2.05. The van der Waals surface area contributed by atoms with Gasteiger partial charge in [-0.15, -0.1) is 5.10 Å². The highest BCUT2D eigenvalue weighted by Crippen LogP contribution is 2.33. The summed E-state index contributed by atoms with van der Waals surface area (Å²) >= 11 is 0. The summed E-state index contributed by atoms with van der Waals surface area (Å²) in [6.45, 7) is 0. The number of halogens is 4. The van der Waals surface area contributed by atoms with Crippen LogP contribution in [0.4, 0.5) is 23.6 Å². The molecule has 2 rings (SSSR count). The second-order valence-corrected chi connectivity index (χ2v) is 3.14. The third-order valence-corrected chi connectivity index (χ3v) is 1.96. The van der Waals surface area contributed by atoms with Crippen molar-refractivity contribution in [1.29, 1.82) is 0 Å². The van der Waals surface area contributed by atoms with Crippen molar-refractivity contribution in [3.63, 3.8) is 0 Å². The topological polar surface area (TPSA) is 64.9 Å². The standard InChI is InChI=1S/C9H5F4N3O/c10-6-2-1-4(9(11,12)13)3-5(6)7-15-16-8(14)17-7/h1-3H,(H2,14,16). The Hall–Kier alpha value is -2.12. The second-order valence-electron chi connectivity index (χ2n) is 3.14. The van der Waals surface area contributed by atoms with Crippen LogP contribution in [0, 0.1) is 5.82 Å². The third-order valence-electron chi connectivity index (χ3n) is 1.96. The largest absolute Gasteiger partial charge is 0.416 e. The Morgan fingerprint density at radius 1 is 1.18 bits per heavy atom. The fourth-order valence-corrected chi connectivity index (χ4v) is 1.21. The average Bonchev–Trinajstić information content (AvgIpc) is 2.63. The van der Waals surface area contributed by atoms with Gasteiger partial charge in [0, 0.05) is 0 Å². The zero-order valence-corrected chi connectivity index (χ0v) is 8.12. The molecule has 0 fully saturated rings. The van der Waals surface area contributed by atoms with Crippen molar-refractivity contribution >= 4 is 6.01 Å². The predicted octanol–water partition coefficient (Wildman–Crippen LogP) is 2.48. The number of aromatic nitrogens is 2. The van der Waals surface area contributed by atoms with Crippen molar-refractivity contribution in [3.05, 3.63) is 29.6 Å². The molecule has 0 amide bonds. The molecule has 0 unspecified atom stereocenters. The van der Waals surface area contributed by atoms with Crippen LogP contribution in [0.2, 0.25) is 0 Å². The molecule has 90 valence electrons. The van der Waals surface area contributed by atoms with Gasteiger partial charge in [-0.25, -0.2) is 4.39 Å². The number of alkyl halides is 3. The zero-order valence-electron chi connectivity index (χ0n) is 8.12. The molecule has 0 radical (unpaired) electrons. The monoisotopic (exact) mass is 247 g/mol. The van der Waals surface area contributed by atoms with Crippen LogP contribution in [0.25, 0.3) is 11.5 Å². The quantitative estimate of drug-likeness (QED) is 0.786. The molecule has 0 aliphatic heterocycles. The number of hydrogen-bond donors (Lipinski definition) is 1. The molecule has 1 heterocycles. The van der Waals surface area contributed by atoms with Gasteiger partial charge in [-0.3, -0.25) is 0 Å². The van der Waals surface area contributed by atoms with Crippen LogP contribution in [-0.2, 0) is 6.18 Å². The minimum absolute atomic E-state index is 0.350. The molecule has 17 heavy (non-hydrogen) atoms. The Labute approximate surface area is 92.1 Å². The molecule has 1 aromatic carbocycles. The molecular formula is C9H5F4N3O. The summed E-state index contributed by atoms with van der Waals surface area (Å²) in [6.07, 6.45) is -4.58. The lowest BCUT2D eigenvalue weighted by atomic mass is 10.1. The van der Waals surface area contributed by atoms with Gasteiger partial charge in [0.1, 0.15) is 5.82 Å². The SMILES string of the molecule is Nc1nnc(-c2cc(C(F)(F)F)ccc2F)o1. The lowest BCUT2D eigenvalue weighted by Gasteiger charge is -2.07. The Kier molecular flexibility index (Phi) is 2.49. The fourth-order valence-electron chi connectivity index (χ4n) is 1.21. The van der Waals surface area contributed by atoms with E-state index in [1.54, 1.807) is 0 Å². The van der Waals surface area contributed by atoms with Crippen LogP contribution in [0.1, 0.15) is 5.56 Å². The minimum Gasteiger partial charge on any atom is -0.403 e. The number of nitrogens with zero attached hydrogens (tertiary/aromatic N) is 2. The molecule has 0 atom stereocenters. The number of rotatable bonds is 1. The van der Waals surface area contributed by atoms with E-state index in [1.165, 1.54) is 0 Å². The molecule has 8 heteroatoms. The Balaban J connectivity index is 2.54. The maximum atomic E-state index is 13.3. The summed E-state index contributed by atoms with van der Waals surface area (Å²) in [4.78, 5) is 0. The smallest absolute Gasteiger partial charge is 0.403 e. The maximum Gasteiger partial charge on any atom is 0.416 e. The van der Waals surface area contributed by atoms with Crippen molar-refractivity contribution in [1.82, 2.24) is 10.2 Å². The van der Waals surface area contributed by atoms with E-state index in [0.717, 1.165) is 0 Å². The summed E-state index contributed by atoms with van der Waals surface area (Å²) < 4.78 is 55.2. The third kappa shape index (κ3) is 2.19. The van der Waals surface area contributed by atoms with Crippen LogP contribution in [0.15, 0.2) is 22.6 Å². The summed E-state index contributed by atoms with van der Waals surface area (Å²) in [6, 6.07) is 1.54. The first-order valence-electron chi connectivity index (χ1n) is 4.34. The Bertz CT molecular complexity index is 549. The van der Waals surface area contributed by atoms with E-state index in [9.17, 15) is 17.6 Å². The summed E-state index contributed by atoms with van der Waals surface area (Å²) in [7, 11) is 0. The van der Waals surface area contributed by atoms with Gasteiger partial charge >= 0.3 is 12.2 Å². The molecule has 2 aromatic rings. The highest BCUT2D eigenvalue weighted by atomic mass is 19.4. The normalized spacial score (nSPS) is 11.8. The van der Waals surface area contributed by atoms with Gasteiger partial charge in [-0.2, -0.15) is 13.2 Å². The zero-order chi connectivity index (χ0) is 12.6. The molecule has 0 aliphatic carbocycles. The van der Waals surface area contributed by atoms with Crippen LogP contribution >= 0.6 is 0 Å². The fraction of sp³-hybridized carbons (Fsp3) is 0.111. The molecule has 0 saturated heterocycles. The minimum atomic E-state index is -4.58. The predicted molar refractivity (Wildman–Crippen MR) is 49.1 cm³/mol. The van der Waals surface area contributed by atoms with Crippen LogP contribution in [0.3, 0.4) is 0 Å². The molecule has 0 bridgehead atoms. The van der Waals surface area contributed by atoms with Crippen LogP contribution < -0.4 is 5.73 Å².